The summed E-state index contributed by atoms with van der Waals surface area (Å²) >= 11 is 0. The zero-order chi connectivity index (χ0) is 14.8. The van der Waals surface area contributed by atoms with Gasteiger partial charge < -0.3 is 10.5 Å². The first-order chi connectivity index (χ1) is 9.43. The summed E-state index contributed by atoms with van der Waals surface area (Å²) in [6, 6.07) is 10.6. The Hall–Kier alpha value is -2.17. The highest BCUT2D eigenvalue weighted by molar-refractivity contribution is 5.59. The summed E-state index contributed by atoms with van der Waals surface area (Å²) in [6.07, 6.45) is -4.26. The first kappa shape index (κ1) is 14.2. The highest BCUT2D eigenvalue weighted by atomic mass is 19.4. The summed E-state index contributed by atoms with van der Waals surface area (Å²) in [5, 5.41) is 0. The van der Waals surface area contributed by atoms with Crippen LogP contribution in [0.2, 0.25) is 0 Å². The van der Waals surface area contributed by atoms with E-state index < -0.39 is 11.7 Å². The van der Waals surface area contributed by atoms with Crippen LogP contribution in [-0.2, 0) is 12.6 Å². The summed E-state index contributed by atoms with van der Waals surface area (Å²) in [7, 11) is 1.47. The van der Waals surface area contributed by atoms with Gasteiger partial charge in [-0.2, -0.15) is 13.2 Å². The van der Waals surface area contributed by atoms with E-state index in [9.17, 15) is 13.2 Å². The number of nitrogen functional groups attached to an aromatic ring is 1. The molecule has 0 aliphatic heterocycles. The second kappa shape index (κ2) is 5.45. The number of anilines is 1. The van der Waals surface area contributed by atoms with Gasteiger partial charge in [0.05, 0.1) is 18.4 Å². The van der Waals surface area contributed by atoms with Crippen molar-refractivity contribution < 1.29 is 17.9 Å². The molecule has 0 aliphatic carbocycles. The van der Waals surface area contributed by atoms with E-state index in [1.165, 1.54) is 19.2 Å². The molecule has 0 aliphatic rings. The minimum absolute atomic E-state index is 0.110. The van der Waals surface area contributed by atoms with Crippen LogP contribution in [0, 0.1) is 0 Å². The normalized spacial score (nSPS) is 11.4. The number of hydrogen-bond acceptors (Lipinski definition) is 2. The van der Waals surface area contributed by atoms with Gasteiger partial charge in [0.15, 0.2) is 0 Å². The number of hydrogen-bond donors (Lipinski definition) is 1. The summed E-state index contributed by atoms with van der Waals surface area (Å²) in [5.74, 6) is 0.465. The van der Waals surface area contributed by atoms with E-state index in [-0.39, 0.29) is 12.0 Å². The zero-order valence-corrected chi connectivity index (χ0v) is 10.9. The van der Waals surface area contributed by atoms with Crippen LogP contribution in [0.25, 0.3) is 0 Å². The maximum Gasteiger partial charge on any atom is 0.416 e. The van der Waals surface area contributed by atoms with Crippen molar-refractivity contribution in [2.75, 3.05) is 12.8 Å². The van der Waals surface area contributed by atoms with Crippen LogP contribution < -0.4 is 10.5 Å². The lowest BCUT2D eigenvalue weighted by molar-refractivity contribution is -0.138. The Kier molecular flexibility index (Phi) is 3.88. The van der Waals surface area contributed by atoms with E-state index in [0.29, 0.717) is 17.0 Å². The molecule has 0 amide bonds. The molecule has 0 unspecified atom stereocenters. The summed E-state index contributed by atoms with van der Waals surface area (Å²) in [5.41, 5.74) is 6.43. The standard InChI is InChI=1S/C15H14F3NO/c1-20-13-8-4-6-11(14(13)19)9-10-5-2-3-7-12(10)15(16,17)18/h2-8H,9,19H2,1H3. The second-order valence-corrected chi connectivity index (χ2v) is 4.36. The maximum atomic E-state index is 12.9. The van der Waals surface area contributed by atoms with Crippen LogP contribution in [0.3, 0.4) is 0 Å². The van der Waals surface area contributed by atoms with E-state index in [0.717, 1.165) is 6.07 Å². The van der Waals surface area contributed by atoms with Crippen LogP contribution >= 0.6 is 0 Å². The van der Waals surface area contributed by atoms with Crippen molar-refractivity contribution in [3.8, 4) is 5.75 Å². The fourth-order valence-electron chi connectivity index (χ4n) is 2.08. The summed E-state index contributed by atoms with van der Waals surface area (Å²) in [6.45, 7) is 0. The number of ether oxygens (including phenoxy) is 1. The molecule has 2 aromatic rings. The molecule has 106 valence electrons. The highest BCUT2D eigenvalue weighted by Gasteiger charge is 2.32. The van der Waals surface area contributed by atoms with Crippen LogP contribution in [0.15, 0.2) is 42.5 Å². The van der Waals surface area contributed by atoms with Gasteiger partial charge in [0.2, 0.25) is 0 Å². The third kappa shape index (κ3) is 2.87. The van der Waals surface area contributed by atoms with Crippen molar-refractivity contribution in [3.63, 3.8) is 0 Å². The third-order valence-corrected chi connectivity index (χ3v) is 3.08. The first-order valence-electron chi connectivity index (χ1n) is 6.00. The molecule has 0 saturated heterocycles. The lowest BCUT2D eigenvalue weighted by Gasteiger charge is -2.14. The molecule has 2 rings (SSSR count). The Labute approximate surface area is 115 Å². The van der Waals surface area contributed by atoms with Gasteiger partial charge in [-0.3, -0.25) is 0 Å². The zero-order valence-electron chi connectivity index (χ0n) is 10.9. The summed E-state index contributed by atoms with van der Waals surface area (Å²) < 4.78 is 43.9. The van der Waals surface area contributed by atoms with Gasteiger partial charge >= 0.3 is 6.18 Å². The number of para-hydroxylation sites is 1. The first-order valence-corrected chi connectivity index (χ1v) is 6.00. The average Bonchev–Trinajstić information content (AvgIpc) is 2.40. The van der Waals surface area contributed by atoms with Gasteiger partial charge in [-0.05, 0) is 23.3 Å². The number of benzene rings is 2. The molecule has 0 fully saturated rings. The molecular formula is C15H14F3NO. The van der Waals surface area contributed by atoms with Crippen molar-refractivity contribution in [3.05, 3.63) is 59.2 Å². The molecule has 5 heteroatoms. The third-order valence-electron chi connectivity index (χ3n) is 3.08. The molecule has 2 N–H and O–H groups in total. The molecule has 0 bridgehead atoms. The monoisotopic (exact) mass is 281 g/mol. The molecule has 0 radical (unpaired) electrons. The molecule has 2 nitrogen and oxygen atoms in total. The minimum atomic E-state index is -4.37. The Balaban J connectivity index is 2.41. The van der Waals surface area contributed by atoms with Crippen LogP contribution in [-0.4, -0.2) is 7.11 Å². The van der Waals surface area contributed by atoms with Gasteiger partial charge in [0, 0.05) is 6.42 Å². The smallest absolute Gasteiger partial charge is 0.416 e. The molecule has 0 saturated carbocycles. The largest absolute Gasteiger partial charge is 0.495 e. The number of nitrogens with two attached hydrogens (primary N) is 1. The Morgan fingerprint density at radius 3 is 2.30 bits per heavy atom. The fourth-order valence-corrected chi connectivity index (χ4v) is 2.08. The molecular weight excluding hydrogens is 267 g/mol. The van der Waals surface area contributed by atoms with E-state index in [2.05, 4.69) is 0 Å². The van der Waals surface area contributed by atoms with Gasteiger partial charge in [-0.25, -0.2) is 0 Å². The van der Waals surface area contributed by atoms with Crippen LogP contribution in [0.4, 0.5) is 18.9 Å². The summed E-state index contributed by atoms with van der Waals surface area (Å²) in [4.78, 5) is 0. The quantitative estimate of drug-likeness (QED) is 0.866. The van der Waals surface area contributed by atoms with E-state index in [1.807, 2.05) is 0 Å². The van der Waals surface area contributed by atoms with E-state index in [1.54, 1.807) is 24.3 Å². The molecule has 20 heavy (non-hydrogen) atoms. The molecule has 2 aromatic carbocycles. The van der Waals surface area contributed by atoms with Gasteiger partial charge in [0.1, 0.15) is 5.75 Å². The molecule has 0 spiro atoms. The lowest BCUT2D eigenvalue weighted by atomic mass is 9.98. The topological polar surface area (TPSA) is 35.2 Å². The van der Waals surface area contributed by atoms with Crippen molar-refractivity contribution in [2.24, 2.45) is 0 Å². The second-order valence-electron chi connectivity index (χ2n) is 4.36. The predicted molar refractivity (Wildman–Crippen MR) is 71.7 cm³/mol. The number of halogens is 3. The van der Waals surface area contributed by atoms with Crippen molar-refractivity contribution in [1.29, 1.82) is 0 Å². The lowest BCUT2D eigenvalue weighted by Crippen LogP contribution is -2.10. The SMILES string of the molecule is COc1cccc(Cc2ccccc2C(F)(F)F)c1N. The Morgan fingerprint density at radius 1 is 1.00 bits per heavy atom. The molecule has 0 aromatic heterocycles. The van der Waals surface area contributed by atoms with Gasteiger partial charge in [0.25, 0.3) is 0 Å². The molecule has 0 heterocycles. The Bertz CT molecular complexity index is 608. The van der Waals surface area contributed by atoms with Crippen LogP contribution in [0.5, 0.6) is 5.75 Å². The van der Waals surface area contributed by atoms with Gasteiger partial charge in [-0.1, -0.05) is 30.3 Å². The average molecular weight is 281 g/mol. The predicted octanol–water partition coefficient (Wildman–Crippen LogP) is 3.89. The number of alkyl halides is 3. The maximum absolute atomic E-state index is 12.9. The Morgan fingerprint density at radius 2 is 1.65 bits per heavy atom. The number of methoxy groups -OCH3 is 1. The molecule has 0 atom stereocenters. The van der Waals surface area contributed by atoms with Crippen LogP contribution in [0.1, 0.15) is 16.7 Å². The van der Waals surface area contributed by atoms with Crippen molar-refractivity contribution in [1.82, 2.24) is 0 Å². The highest BCUT2D eigenvalue weighted by Crippen LogP contribution is 2.34. The van der Waals surface area contributed by atoms with E-state index in [4.69, 9.17) is 10.5 Å². The van der Waals surface area contributed by atoms with Crippen molar-refractivity contribution >= 4 is 5.69 Å². The minimum Gasteiger partial charge on any atom is -0.495 e. The number of rotatable bonds is 3. The van der Waals surface area contributed by atoms with Gasteiger partial charge in [-0.15, -0.1) is 0 Å². The fraction of sp³-hybridized carbons (Fsp3) is 0.200. The van der Waals surface area contributed by atoms with E-state index >= 15 is 0 Å². The van der Waals surface area contributed by atoms with Crippen molar-refractivity contribution in [2.45, 2.75) is 12.6 Å².